The Morgan fingerprint density at radius 2 is 2.25 bits per heavy atom. The highest BCUT2D eigenvalue weighted by atomic mass is 16.2. The topological polar surface area (TPSA) is 71.1 Å². The van der Waals surface area contributed by atoms with Crippen molar-refractivity contribution in [1.29, 1.82) is 0 Å². The van der Waals surface area contributed by atoms with Crippen LogP contribution in [-0.4, -0.2) is 22.8 Å². The zero-order chi connectivity index (χ0) is 11.4. The highest BCUT2D eigenvalue weighted by Gasteiger charge is 2.26. The van der Waals surface area contributed by atoms with Crippen LogP contribution in [-0.2, 0) is 16.1 Å². The lowest BCUT2D eigenvalue weighted by Crippen LogP contribution is -2.41. The number of aromatic nitrogens is 1. The van der Waals surface area contributed by atoms with Gasteiger partial charge in [-0.2, -0.15) is 0 Å². The molecule has 0 spiro atoms. The predicted molar refractivity (Wildman–Crippen MR) is 57.2 cm³/mol. The summed E-state index contributed by atoms with van der Waals surface area (Å²) < 4.78 is 0. The van der Waals surface area contributed by atoms with Gasteiger partial charge >= 0.3 is 0 Å². The van der Waals surface area contributed by atoms with Gasteiger partial charge in [0.2, 0.25) is 11.8 Å². The number of amides is 2. The molecule has 1 fully saturated rings. The van der Waals surface area contributed by atoms with Crippen LogP contribution >= 0.6 is 0 Å². The van der Waals surface area contributed by atoms with Gasteiger partial charge in [-0.3, -0.25) is 14.6 Å². The number of carbonyl (C=O) groups excluding carboxylic acids is 2. The smallest absolute Gasteiger partial charge is 0.242 e. The fourth-order valence-corrected chi connectivity index (χ4v) is 1.62. The van der Waals surface area contributed by atoms with Crippen molar-refractivity contribution in [3.8, 4) is 0 Å². The Bertz CT molecular complexity index is 391. The maximum Gasteiger partial charge on any atom is 0.242 e. The number of carbonyl (C=O) groups is 2. The molecule has 1 aromatic heterocycles. The predicted octanol–water partition coefficient (Wildman–Crippen LogP) is -0.0236. The Morgan fingerprint density at radius 3 is 2.88 bits per heavy atom. The van der Waals surface area contributed by atoms with Crippen LogP contribution in [0.25, 0.3) is 0 Å². The van der Waals surface area contributed by atoms with Crippen molar-refractivity contribution in [2.24, 2.45) is 0 Å². The zero-order valence-corrected chi connectivity index (χ0v) is 8.77. The largest absolute Gasteiger partial charge is 0.350 e. The number of hydrogen-bond donors (Lipinski definition) is 2. The van der Waals surface area contributed by atoms with E-state index in [2.05, 4.69) is 15.6 Å². The van der Waals surface area contributed by atoms with Gasteiger partial charge in [0.1, 0.15) is 6.04 Å². The lowest BCUT2D eigenvalue weighted by molar-refractivity contribution is -0.125. The van der Waals surface area contributed by atoms with E-state index in [-0.39, 0.29) is 17.9 Å². The molecular weight excluding hydrogens is 206 g/mol. The van der Waals surface area contributed by atoms with Gasteiger partial charge in [0.05, 0.1) is 0 Å². The van der Waals surface area contributed by atoms with Crippen LogP contribution in [0.15, 0.2) is 24.5 Å². The average molecular weight is 219 g/mol. The van der Waals surface area contributed by atoms with Crippen molar-refractivity contribution in [3.63, 3.8) is 0 Å². The molecule has 2 amide bonds. The molecule has 2 heterocycles. The summed E-state index contributed by atoms with van der Waals surface area (Å²) in [5, 5.41) is 5.41. The number of pyridine rings is 1. The SMILES string of the molecule is O=C1CCC(C(=O)NCc2ccncc2)N1. The molecule has 1 atom stereocenters. The molecule has 0 aromatic carbocycles. The molecule has 16 heavy (non-hydrogen) atoms. The fourth-order valence-electron chi connectivity index (χ4n) is 1.62. The zero-order valence-electron chi connectivity index (χ0n) is 8.77. The van der Waals surface area contributed by atoms with E-state index in [9.17, 15) is 9.59 Å². The second-order valence-electron chi connectivity index (χ2n) is 3.73. The number of nitrogens with one attached hydrogen (secondary N) is 2. The summed E-state index contributed by atoms with van der Waals surface area (Å²) in [6.45, 7) is 0.466. The van der Waals surface area contributed by atoms with Gasteiger partial charge in [0, 0.05) is 25.4 Å². The summed E-state index contributed by atoms with van der Waals surface area (Å²) in [7, 11) is 0. The van der Waals surface area contributed by atoms with E-state index >= 15 is 0 Å². The van der Waals surface area contributed by atoms with E-state index in [1.165, 1.54) is 0 Å². The fraction of sp³-hybridized carbons (Fsp3) is 0.364. The molecule has 0 saturated carbocycles. The van der Waals surface area contributed by atoms with Crippen LogP contribution in [0.2, 0.25) is 0 Å². The molecule has 84 valence electrons. The van der Waals surface area contributed by atoms with E-state index in [4.69, 9.17) is 0 Å². The third kappa shape index (κ3) is 2.56. The van der Waals surface area contributed by atoms with Crippen molar-refractivity contribution in [2.75, 3.05) is 0 Å². The van der Waals surface area contributed by atoms with Crippen LogP contribution < -0.4 is 10.6 Å². The first-order valence-electron chi connectivity index (χ1n) is 5.21. The van der Waals surface area contributed by atoms with E-state index in [0.29, 0.717) is 19.4 Å². The van der Waals surface area contributed by atoms with Gasteiger partial charge in [-0.1, -0.05) is 0 Å². The number of hydrogen-bond acceptors (Lipinski definition) is 3. The molecule has 1 unspecified atom stereocenters. The van der Waals surface area contributed by atoms with Crippen molar-refractivity contribution in [2.45, 2.75) is 25.4 Å². The molecule has 0 radical (unpaired) electrons. The Morgan fingerprint density at radius 1 is 1.50 bits per heavy atom. The molecule has 0 aliphatic carbocycles. The number of rotatable bonds is 3. The first-order valence-corrected chi connectivity index (χ1v) is 5.21. The highest BCUT2D eigenvalue weighted by molar-refractivity contribution is 5.90. The third-order valence-electron chi connectivity index (χ3n) is 2.53. The molecule has 5 heteroatoms. The molecule has 1 aromatic rings. The molecule has 1 saturated heterocycles. The second-order valence-corrected chi connectivity index (χ2v) is 3.73. The first-order chi connectivity index (χ1) is 7.75. The molecule has 1 aliphatic rings. The summed E-state index contributed by atoms with van der Waals surface area (Å²) >= 11 is 0. The van der Waals surface area contributed by atoms with Crippen molar-refractivity contribution in [3.05, 3.63) is 30.1 Å². The van der Waals surface area contributed by atoms with Crippen molar-refractivity contribution >= 4 is 11.8 Å². The summed E-state index contributed by atoms with van der Waals surface area (Å²) in [4.78, 5) is 26.4. The Kier molecular flexibility index (Phi) is 3.14. The third-order valence-corrected chi connectivity index (χ3v) is 2.53. The summed E-state index contributed by atoms with van der Waals surface area (Å²) in [5.41, 5.74) is 0.993. The van der Waals surface area contributed by atoms with Gasteiger partial charge in [0.15, 0.2) is 0 Å². The quantitative estimate of drug-likeness (QED) is 0.750. The summed E-state index contributed by atoms with van der Waals surface area (Å²) in [6.07, 6.45) is 4.38. The van der Waals surface area contributed by atoms with E-state index in [1.54, 1.807) is 12.4 Å². The Balaban J connectivity index is 1.82. The molecule has 0 bridgehead atoms. The van der Waals surface area contributed by atoms with Crippen LogP contribution in [0, 0.1) is 0 Å². The highest BCUT2D eigenvalue weighted by Crippen LogP contribution is 2.06. The van der Waals surface area contributed by atoms with Gasteiger partial charge in [-0.25, -0.2) is 0 Å². The van der Waals surface area contributed by atoms with E-state index in [1.807, 2.05) is 12.1 Å². The summed E-state index contributed by atoms with van der Waals surface area (Å²) in [6, 6.07) is 3.32. The second kappa shape index (κ2) is 4.74. The minimum atomic E-state index is -0.366. The molecule has 2 rings (SSSR count). The van der Waals surface area contributed by atoms with Gasteiger partial charge < -0.3 is 10.6 Å². The van der Waals surface area contributed by atoms with Gasteiger partial charge in [-0.05, 0) is 24.1 Å². The molecule has 2 N–H and O–H groups in total. The molecule has 5 nitrogen and oxygen atoms in total. The van der Waals surface area contributed by atoms with Gasteiger partial charge in [0.25, 0.3) is 0 Å². The standard InChI is InChI=1S/C11H13N3O2/c15-10-2-1-9(14-10)11(16)13-7-8-3-5-12-6-4-8/h3-6,9H,1-2,7H2,(H,13,16)(H,14,15). The van der Waals surface area contributed by atoms with Crippen molar-refractivity contribution in [1.82, 2.24) is 15.6 Å². The van der Waals surface area contributed by atoms with Gasteiger partial charge in [-0.15, -0.1) is 0 Å². The molecular formula is C11H13N3O2. The van der Waals surface area contributed by atoms with Crippen LogP contribution in [0.5, 0.6) is 0 Å². The lowest BCUT2D eigenvalue weighted by Gasteiger charge is -2.10. The summed E-state index contributed by atoms with van der Waals surface area (Å²) in [5.74, 6) is -0.174. The maximum atomic E-state index is 11.6. The first kappa shape index (κ1) is 10.6. The monoisotopic (exact) mass is 219 g/mol. The van der Waals surface area contributed by atoms with Crippen LogP contribution in [0.4, 0.5) is 0 Å². The number of nitrogens with zero attached hydrogens (tertiary/aromatic N) is 1. The lowest BCUT2D eigenvalue weighted by atomic mass is 10.2. The molecule has 1 aliphatic heterocycles. The van der Waals surface area contributed by atoms with Crippen LogP contribution in [0.1, 0.15) is 18.4 Å². The minimum absolute atomic E-state index is 0.0518. The van der Waals surface area contributed by atoms with E-state index < -0.39 is 0 Å². The average Bonchev–Trinajstić information content (AvgIpc) is 2.74. The van der Waals surface area contributed by atoms with Crippen LogP contribution in [0.3, 0.4) is 0 Å². The minimum Gasteiger partial charge on any atom is -0.350 e. The maximum absolute atomic E-state index is 11.6. The normalized spacial score (nSPS) is 19.2. The van der Waals surface area contributed by atoms with E-state index in [0.717, 1.165) is 5.56 Å². The van der Waals surface area contributed by atoms with Crippen molar-refractivity contribution < 1.29 is 9.59 Å². The Labute approximate surface area is 93.3 Å². The Hall–Kier alpha value is -1.91.